The molecular formula is C25H29Cl2FN4O3. The van der Waals surface area contributed by atoms with Gasteiger partial charge in [-0.2, -0.15) is 0 Å². The Hall–Kier alpha value is -2.23. The molecule has 1 heterocycles. The average molecular weight is 523 g/mol. The molecular weight excluding hydrogens is 494 g/mol. The summed E-state index contributed by atoms with van der Waals surface area (Å²) in [6.07, 6.45) is 1.36. The first-order valence-electron chi connectivity index (χ1n) is 11.7. The maximum atomic E-state index is 13.3. The number of amides is 2. The Morgan fingerprint density at radius 3 is 2.43 bits per heavy atom. The van der Waals surface area contributed by atoms with Gasteiger partial charge in [-0.05, 0) is 55.3 Å². The number of rotatable bonds is 9. The third-order valence-electron chi connectivity index (χ3n) is 6.60. The van der Waals surface area contributed by atoms with Crippen molar-refractivity contribution >= 4 is 35.0 Å². The summed E-state index contributed by atoms with van der Waals surface area (Å²) in [5.74, 6) is -0.477. The molecule has 0 unspecified atom stereocenters. The van der Waals surface area contributed by atoms with Crippen LogP contribution >= 0.6 is 23.2 Å². The second-order valence-corrected chi connectivity index (χ2v) is 9.80. The van der Waals surface area contributed by atoms with Gasteiger partial charge in [0.25, 0.3) is 5.91 Å². The maximum Gasteiger partial charge on any atom is 0.251 e. The molecule has 0 bridgehead atoms. The first-order chi connectivity index (χ1) is 16.9. The van der Waals surface area contributed by atoms with Crippen molar-refractivity contribution in [1.29, 1.82) is 0 Å². The second kappa shape index (κ2) is 11.7. The highest BCUT2D eigenvalue weighted by atomic mass is 35.5. The van der Waals surface area contributed by atoms with Gasteiger partial charge in [0.1, 0.15) is 11.9 Å². The Morgan fingerprint density at radius 1 is 1.06 bits per heavy atom. The molecule has 4 rings (SSSR count). The Morgan fingerprint density at radius 2 is 1.77 bits per heavy atom. The fourth-order valence-electron chi connectivity index (χ4n) is 4.38. The molecule has 2 fully saturated rings. The molecule has 1 aliphatic heterocycles. The van der Waals surface area contributed by atoms with Crippen LogP contribution in [-0.4, -0.2) is 78.3 Å². The zero-order valence-electron chi connectivity index (χ0n) is 19.2. The van der Waals surface area contributed by atoms with Crippen LogP contribution in [0.5, 0.6) is 0 Å². The number of aliphatic hydroxyl groups is 1. The number of halogens is 3. The number of piperazine rings is 1. The van der Waals surface area contributed by atoms with Crippen molar-refractivity contribution in [2.24, 2.45) is 0 Å². The molecule has 35 heavy (non-hydrogen) atoms. The minimum atomic E-state index is -0.715. The summed E-state index contributed by atoms with van der Waals surface area (Å²) in [7, 11) is 0. The van der Waals surface area contributed by atoms with Crippen molar-refractivity contribution in [2.45, 2.75) is 30.8 Å². The third kappa shape index (κ3) is 6.71. The van der Waals surface area contributed by atoms with Crippen molar-refractivity contribution in [3.8, 4) is 0 Å². The van der Waals surface area contributed by atoms with E-state index < -0.39 is 11.9 Å². The van der Waals surface area contributed by atoms with Gasteiger partial charge in [-0.25, -0.2) is 4.39 Å². The van der Waals surface area contributed by atoms with Gasteiger partial charge in [0.2, 0.25) is 5.91 Å². The predicted octanol–water partition coefficient (Wildman–Crippen LogP) is 2.86. The van der Waals surface area contributed by atoms with Gasteiger partial charge >= 0.3 is 0 Å². The van der Waals surface area contributed by atoms with Gasteiger partial charge in [-0.3, -0.25) is 14.5 Å². The summed E-state index contributed by atoms with van der Waals surface area (Å²) in [5.41, 5.74) is 1.42. The van der Waals surface area contributed by atoms with E-state index in [9.17, 15) is 19.1 Å². The van der Waals surface area contributed by atoms with Crippen molar-refractivity contribution in [3.63, 3.8) is 0 Å². The molecule has 3 atom stereocenters. The molecule has 3 N–H and O–H groups in total. The topological polar surface area (TPSA) is 84.9 Å². The zero-order chi connectivity index (χ0) is 24.9. The molecule has 2 amide bonds. The molecule has 188 valence electrons. The molecule has 10 heteroatoms. The van der Waals surface area contributed by atoms with Crippen LogP contribution in [0.15, 0.2) is 42.5 Å². The normalized spacial score (nSPS) is 21.0. The highest BCUT2D eigenvalue weighted by Gasteiger charge is 2.38. The largest absolute Gasteiger partial charge is 0.381 e. The summed E-state index contributed by atoms with van der Waals surface area (Å²) in [5, 5.41) is 16.3. The van der Waals surface area contributed by atoms with Crippen molar-refractivity contribution in [1.82, 2.24) is 20.4 Å². The number of aliphatic hydroxyl groups excluding tert-OH is 1. The van der Waals surface area contributed by atoms with E-state index in [1.807, 2.05) is 4.90 Å². The fourth-order valence-corrected chi connectivity index (χ4v) is 4.68. The minimum Gasteiger partial charge on any atom is -0.381 e. The fraction of sp³-hybridized carbons (Fsp3) is 0.440. The molecule has 2 aromatic carbocycles. The van der Waals surface area contributed by atoms with Crippen LogP contribution in [-0.2, 0) is 4.79 Å². The average Bonchev–Trinajstić information content (AvgIpc) is 3.64. The number of nitrogens with one attached hydrogen (secondary N) is 2. The second-order valence-electron chi connectivity index (χ2n) is 8.98. The predicted molar refractivity (Wildman–Crippen MR) is 133 cm³/mol. The van der Waals surface area contributed by atoms with Crippen molar-refractivity contribution < 1.29 is 19.1 Å². The Bertz CT molecular complexity index is 1050. The van der Waals surface area contributed by atoms with E-state index in [0.29, 0.717) is 55.6 Å². The van der Waals surface area contributed by atoms with Crippen LogP contribution < -0.4 is 10.6 Å². The Labute approximate surface area is 214 Å². The lowest BCUT2D eigenvalue weighted by atomic mass is 10.1. The van der Waals surface area contributed by atoms with Gasteiger partial charge in [0.15, 0.2) is 0 Å². The van der Waals surface area contributed by atoms with E-state index in [0.717, 1.165) is 12.0 Å². The van der Waals surface area contributed by atoms with Gasteiger partial charge < -0.3 is 20.6 Å². The summed E-state index contributed by atoms with van der Waals surface area (Å²) in [4.78, 5) is 29.8. The smallest absolute Gasteiger partial charge is 0.251 e. The molecule has 7 nitrogen and oxygen atoms in total. The number of nitrogens with zero attached hydrogens (tertiary/aromatic N) is 2. The molecule has 1 saturated heterocycles. The van der Waals surface area contributed by atoms with Crippen LogP contribution in [0.2, 0.25) is 10.0 Å². The lowest BCUT2D eigenvalue weighted by molar-refractivity contribution is -0.135. The number of hydrogen-bond acceptors (Lipinski definition) is 5. The van der Waals surface area contributed by atoms with E-state index in [1.165, 1.54) is 18.2 Å². The number of hydrogen-bond donors (Lipinski definition) is 3. The Kier molecular flexibility index (Phi) is 8.62. The SMILES string of the molecule is O=C(N[C@@H](CCN[C@@H]1C[C@H]1c1ccc(F)cc1)C(=O)N1CCN(CO)CC1)c1ccc(Cl)c(Cl)c1. The van der Waals surface area contributed by atoms with Gasteiger partial charge in [-0.1, -0.05) is 35.3 Å². The number of benzene rings is 2. The number of carbonyl (C=O) groups is 2. The zero-order valence-corrected chi connectivity index (χ0v) is 20.7. The maximum absolute atomic E-state index is 13.3. The van der Waals surface area contributed by atoms with E-state index in [1.54, 1.807) is 29.2 Å². The van der Waals surface area contributed by atoms with Crippen LogP contribution in [0.4, 0.5) is 4.39 Å². The molecule has 1 saturated carbocycles. The minimum absolute atomic E-state index is 0.0416. The third-order valence-corrected chi connectivity index (χ3v) is 7.34. The van der Waals surface area contributed by atoms with Crippen LogP contribution in [0.25, 0.3) is 0 Å². The molecule has 0 aromatic heterocycles. The number of carbonyl (C=O) groups excluding carboxylic acids is 2. The van der Waals surface area contributed by atoms with Crippen molar-refractivity contribution in [3.05, 3.63) is 69.5 Å². The first-order valence-corrected chi connectivity index (χ1v) is 12.5. The highest BCUT2D eigenvalue weighted by Crippen LogP contribution is 2.40. The molecule has 0 spiro atoms. The van der Waals surface area contributed by atoms with E-state index in [-0.39, 0.29) is 29.5 Å². The summed E-state index contributed by atoms with van der Waals surface area (Å²) >= 11 is 12.0. The summed E-state index contributed by atoms with van der Waals surface area (Å²) in [6.45, 7) is 2.63. The van der Waals surface area contributed by atoms with Gasteiger partial charge in [0.05, 0.1) is 16.8 Å². The Balaban J connectivity index is 1.37. The first kappa shape index (κ1) is 25.9. The van der Waals surface area contributed by atoms with E-state index >= 15 is 0 Å². The lowest BCUT2D eigenvalue weighted by Gasteiger charge is -2.35. The standard InChI is InChI=1S/C25H29Cl2FN4O3/c26-20-6-3-17(13-21(20)27)24(34)30-22(25(35)32-11-9-31(15-33)10-12-32)7-8-29-23-14-19(23)16-1-4-18(28)5-2-16/h1-6,13,19,22-23,29,33H,7-12,14-15H2,(H,30,34)/t19-,22-,23+/m0/s1. The van der Waals surface area contributed by atoms with Crippen molar-refractivity contribution in [2.75, 3.05) is 39.5 Å². The summed E-state index contributed by atoms with van der Waals surface area (Å²) in [6, 6.07) is 10.7. The van der Waals surface area contributed by atoms with Gasteiger partial charge in [-0.15, -0.1) is 0 Å². The van der Waals surface area contributed by atoms with Crippen LogP contribution in [0, 0.1) is 5.82 Å². The molecule has 1 aliphatic carbocycles. The van der Waals surface area contributed by atoms with Crippen LogP contribution in [0.3, 0.4) is 0 Å². The quantitative estimate of drug-likeness (QED) is 0.471. The van der Waals surface area contributed by atoms with E-state index in [4.69, 9.17) is 23.2 Å². The lowest BCUT2D eigenvalue weighted by Crippen LogP contribution is -2.55. The summed E-state index contributed by atoms with van der Waals surface area (Å²) < 4.78 is 13.2. The van der Waals surface area contributed by atoms with E-state index in [2.05, 4.69) is 10.6 Å². The highest BCUT2D eigenvalue weighted by molar-refractivity contribution is 6.42. The van der Waals surface area contributed by atoms with Crippen LogP contribution in [0.1, 0.15) is 34.7 Å². The molecule has 0 radical (unpaired) electrons. The molecule has 2 aromatic rings. The monoisotopic (exact) mass is 522 g/mol. The van der Waals surface area contributed by atoms with Gasteiger partial charge in [0, 0.05) is 43.7 Å². The molecule has 2 aliphatic rings.